The van der Waals surface area contributed by atoms with Gasteiger partial charge in [-0.05, 0) is 44.0 Å². The van der Waals surface area contributed by atoms with Gasteiger partial charge in [-0.2, -0.15) is 0 Å². The van der Waals surface area contributed by atoms with Crippen LogP contribution in [0.4, 0.5) is 11.5 Å². The third-order valence-electron chi connectivity index (χ3n) is 7.23. The summed E-state index contributed by atoms with van der Waals surface area (Å²) in [6, 6.07) is 11.6. The highest BCUT2D eigenvalue weighted by Crippen LogP contribution is 2.43. The van der Waals surface area contributed by atoms with Gasteiger partial charge in [0.15, 0.2) is 0 Å². The first-order valence-corrected chi connectivity index (χ1v) is 11.9. The zero-order chi connectivity index (χ0) is 23.1. The fourth-order valence-corrected chi connectivity index (χ4v) is 5.45. The van der Waals surface area contributed by atoms with Gasteiger partial charge in [0.25, 0.3) is 5.91 Å². The maximum absolute atomic E-state index is 12.7. The molecule has 3 heterocycles. The first-order chi connectivity index (χ1) is 15.9. The Morgan fingerprint density at radius 1 is 1.12 bits per heavy atom. The summed E-state index contributed by atoms with van der Waals surface area (Å²) in [5.41, 5.74) is 7.59. The Bertz CT molecular complexity index is 1100. The molecule has 1 aromatic heterocycles. The lowest BCUT2D eigenvalue weighted by Gasteiger charge is -2.31. The summed E-state index contributed by atoms with van der Waals surface area (Å²) in [4.78, 5) is 22.1. The Morgan fingerprint density at radius 3 is 2.61 bits per heavy atom. The highest BCUT2D eigenvalue weighted by atomic mass is 35.5. The Kier molecular flexibility index (Phi) is 5.67. The molecule has 3 atom stereocenters. The largest absolute Gasteiger partial charge is 0.370 e. The van der Waals surface area contributed by atoms with Gasteiger partial charge in [0.1, 0.15) is 5.82 Å². The molecule has 0 bridgehead atoms. The molecule has 3 aliphatic rings. The summed E-state index contributed by atoms with van der Waals surface area (Å²) >= 11 is 6.43. The second-order valence-corrected chi connectivity index (χ2v) is 10.2. The minimum absolute atomic E-state index is 0.167. The summed E-state index contributed by atoms with van der Waals surface area (Å²) in [5.74, 6) is 0.753. The topological polar surface area (TPSA) is 74.5 Å². The molecule has 6 nitrogen and oxygen atoms in total. The van der Waals surface area contributed by atoms with Crippen molar-refractivity contribution in [2.24, 2.45) is 11.1 Å². The summed E-state index contributed by atoms with van der Waals surface area (Å²) < 4.78 is 0. The van der Waals surface area contributed by atoms with Crippen molar-refractivity contribution in [1.82, 2.24) is 10.3 Å². The van der Waals surface area contributed by atoms with Crippen LogP contribution < -0.4 is 20.9 Å². The van der Waals surface area contributed by atoms with E-state index in [0.717, 1.165) is 55.5 Å². The maximum atomic E-state index is 12.7. The molecule has 0 radical (unpaired) electrons. The molecule has 2 aromatic rings. The fourth-order valence-electron chi connectivity index (χ4n) is 5.20. The summed E-state index contributed by atoms with van der Waals surface area (Å²) in [6.07, 6.45) is 11.6. The van der Waals surface area contributed by atoms with Crippen LogP contribution in [0.25, 0.3) is 0 Å². The Morgan fingerprint density at radius 2 is 1.88 bits per heavy atom. The number of hydrogen-bond donors (Lipinski definition) is 2. The molecule has 7 heteroatoms. The minimum Gasteiger partial charge on any atom is -0.370 e. The second kappa shape index (κ2) is 8.50. The van der Waals surface area contributed by atoms with Gasteiger partial charge >= 0.3 is 0 Å². The number of carbonyl (C=O) groups excluding carboxylic acids is 1. The number of amides is 1. The molecule has 1 aromatic carbocycles. The van der Waals surface area contributed by atoms with Gasteiger partial charge in [-0.15, -0.1) is 0 Å². The highest BCUT2D eigenvalue weighted by molar-refractivity contribution is 6.33. The third-order valence-corrected chi connectivity index (χ3v) is 7.55. The van der Waals surface area contributed by atoms with E-state index in [1.165, 1.54) is 0 Å². The number of halogens is 1. The van der Waals surface area contributed by atoms with Gasteiger partial charge in [-0.25, -0.2) is 4.98 Å². The molecule has 1 spiro atoms. The van der Waals surface area contributed by atoms with E-state index in [4.69, 9.17) is 17.3 Å². The molecular weight excluding hydrogens is 434 g/mol. The number of carbonyl (C=O) groups is 1. The van der Waals surface area contributed by atoms with Crippen LogP contribution >= 0.6 is 11.6 Å². The lowest BCUT2D eigenvalue weighted by molar-refractivity contribution is 0.0934. The van der Waals surface area contributed by atoms with Crippen molar-refractivity contribution in [2.75, 3.05) is 36.0 Å². The van der Waals surface area contributed by atoms with E-state index in [1.807, 2.05) is 61.6 Å². The van der Waals surface area contributed by atoms with E-state index in [0.29, 0.717) is 5.56 Å². The predicted molar refractivity (Wildman–Crippen MR) is 134 cm³/mol. The highest BCUT2D eigenvalue weighted by Gasteiger charge is 2.44. The summed E-state index contributed by atoms with van der Waals surface area (Å²) in [6.45, 7) is 5.87. The number of pyridine rings is 1. The van der Waals surface area contributed by atoms with Crippen molar-refractivity contribution in [3.05, 3.63) is 77.5 Å². The van der Waals surface area contributed by atoms with Crippen LogP contribution in [0.15, 0.2) is 66.9 Å². The molecule has 2 aliphatic heterocycles. The number of allylic oxidation sites excluding steroid dienone is 2. The van der Waals surface area contributed by atoms with Crippen molar-refractivity contribution in [3.8, 4) is 0 Å². The van der Waals surface area contributed by atoms with E-state index in [2.05, 4.69) is 26.2 Å². The summed E-state index contributed by atoms with van der Waals surface area (Å²) in [5, 5.41) is 3.82. The van der Waals surface area contributed by atoms with Crippen LogP contribution in [0.2, 0.25) is 5.02 Å². The lowest BCUT2D eigenvalue weighted by Crippen LogP contribution is -2.55. The molecule has 2 saturated heterocycles. The van der Waals surface area contributed by atoms with E-state index >= 15 is 0 Å². The number of benzene rings is 1. The molecule has 5 rings (SSSR count). The molecule has 3 N–H and O–H groups in total. The average Bonchev–Trinajstić information content (AvgIpc) is 3.42. The Labute approximate surface area is 200 Å². The maximum Gasteiger partial charge on any atom is 0.253 e. The number of rotatable bonds is 4. The van der Waals surface area contributed by atoms with Crippen LogP contribution in [0.5, 0.6) is 0 Å². The SMILES string of the molecule is CC1(N)C=CC=C[C@@H]1NC(=O)c1ccc(N2CCC3(CCN(c4ccccc4Cl)C3)C2)nc1. The molecular formula is C26H30ClN5O. The average molecular weight is 464 g/mol. The van der Waals surface area contributed by atoms with E-state index in [-0.39, 0.29) is 17.4 Å². The number of nitrogens with two attached hydrogens (primary N) is 1. The normalized spacial score (nSPS) is 28.6. The smallest absolute Gasteiger partial charge is 0.253 e. The van der Waals surface area contributed by atoms with Gasteiger partial charge in [-0.3, -0.25) is 4.79 Å². The van der Waals surface area contributed by atoms with Crippen LogP contribution in [-0.2, 0) is 0 Å². The molecule has 172 valence electrons. The second-order valence-electron chi connectivity index (χ2n) is 9.76. The molecule has 2 unspecified atom stereocenters. The minimum atomic E-state index is -0.610. The number of para-hydroxylation sites is 1. The van der Waals surface area contributed by atoms with Gasteiger partial charge in [-0.1, -0.05) is 48.0 Å². The van der Waals surface area contributed by atoms with E-state index < -0.39 is 5.54 Å². The van der Waals surface area contributed by atoms with Crippen LogP contribution in [0, 0.1) is 5.41 Å². The number of nitrogens with zero attached hydrogens (tertiary/aromatic N) is 3. The molecule has 1 amide bonds. The van der Waals surface area contributed by atoms with Gasteiger partial charge in [0.05, 0.1) is 27.9 Å². The van der Waals surface area contributed by atoms with Crippen molar-refractivity contribution in [2.45, 2.75) is 31.3 Å². The molecule has 2 fully saturated rings. The van der Waals surface area contributed by atoms with Crippen LogP contribution in [-0.4, -0.2) is 48.7 Å². The quantitative estimate of drug-likeness (QED) is 0.721. The van der Waals surface area contributed by atoms with Crippen molar-refractivity contribution < 1.29 is 4.79 Å². The van der Waals surface area contributed by atoms with Gasteiger partial charge in [0.2, 0.25) is 0 Å². The van der Waals surface area contributed by atoms with Crippen molar-refractivity contribution >= 4 is 29.0 Å². The monoisotopic (exact) mass is 463 g/mol. The number of aromatic nitrogens is 1. The van der Waals surface area contributed by atoms with Gasteiger partial charge < -0.3 is 20.9 Å². The number of hydrogen-bond acceptors (Lipinski definition) is 5. The Balaban J connectivity index is 1.22. The fraction of sp³-hybridized carbons (Fsp3) is 0.385. The van der Waals surface area contributed by atoms with E-state index in [1.54, 1.807) is 6.20 Å². The molecule has 33 heavy (non-hydrogen) atoms. The van der Waals surface area contributed by atoms with Crippen molar-refractivity contribution in [1.29, 1.82) is 0 Å². The predicted octanol–water partition coefficient (Wildman–Crippen LogP) is 3.78. The zero-order valence-electron chi connectivity index (χ0n) is 18.9. The number of anilines is 2. The standard InChI is InChI=1S/C26H30ClN5O/c1-25(28)11-5-4-8-22(25)30-24(33)19-9-10-23(29-16-19)32-15-13-26(18-32)12-14-31(17-26)21-7-3-2-6-20(21)27/h2-11,16,22H,12-15,17-18,28H2,1H3,(H,30,33)/t22-,25?,26?/m0/s1. The molecule has 1 aliphatic carbocycles. The lowest BCUT2D eigenvalue weighted by atomic mass is 9.86. The number of nitrogens with one attached hydrogen (secondary N) is 1. The summed E-state index contributed by atoms with van der Waals surface area (Å²) in [7, 11) is 0. The first kappa shape index (κ1) is 22.0. The molecule has 0 saturated carbocycles. The zero-order valence-corrected chi connectivity index (χ0v) is 19.6. The van der Waals surface area contributed by atoms with Crippen LogP contribution in [0.1, 0.15) is 30.1 Å². The Hall–Kier alpha value is -2.83. The first-order valence-electron chi connectivity index (χ1n) is 11.5. The van der Waals surface area contributed by atoms with E-state index in [9.17, 15) is 4.79 Å². The van der Waals surface area contributed by atoms with Crippen molar-refractivity contribution in [3.63, 3.8) is 0 Å². The van der Waals surface area contributed by atoms with Gasteiger partial charge in [0, 0.05) is 37.8 Å². The van der Waals surface area contributed by atoms with Crippen LogP contribution in [0.3, 0.4) is 0 Å². The third kappa shape index (κ3) is 4.37.